The van der Waals surface area contributed by atoms with Gasteiger partial charge in [0.25, 0.3) is 5.91 Å². The second-order valence-corrected chi connectivity index (χ2v) is 6.38. The van der Waals surface area contributed by atoms with Gasteiger partial charge in [-0.05, 0) is 31.9 Å². The summed E-state index contributed by atoms with van der Waals surface area (Å²) in [4.78, 5) is 38.1. The lowest BCUT2D eigenvalue weighted by Crippen LogP contribution is -2.53. The van der Waals surface area contributed by atoms with Gasteiger partial charge in [0.2, 0.25) is 5.91 Å². The van der Waals surface area contributed by atoms with E-state index in [1.54, 1.807) is 17.9 Å². The Morgan fingerprint density at radius 3 is 2.56 bits per heavy atom. The van der Waals surface area contributed by atoms with E-state index in [9.17, 15) is 14.4 Å². The highest BCUT2D eigenvalue weighted by atomic mass is 16.5. The van der Waals surface area contributed by atoms with Crippen LogP contribution in [0.5, 0.6) is 5.75 Å². The molecule has 0 saturated carbocycles. The number of nitrogens with zero attached hydrogens (tertiary/aromatic N) is 1. The number of carbonyl (C=O) groups excluding carboxylic acids is 3. The van der Waals surface area contributed by atoms with E-state index in [0.717, 1.165) is 18.5 Å². The second kappa shape index (κ2) is 9.80. The molecular formula is C19H28N4O4. The number of rotatable bonds is 7. The maximum absolute atomic E-state index is 12.6. The number of hydrogen-bond donors (Lipinski definition) is 3. The molecule has 8 nitrogen and oxygen atoms in total. The van der Waals surface area contributed by atoms with Crippen LogP contribution >= 0.6 is 0 Å². The SMILES string of the molecule is CCNC(=O)NC(=O)CN1C[C@@H](C(=O)NC(CC)CC)Oc2ccccc21. The van der Waals surface area contributed by atoms with E-state index in [2.05, 4.69) is 16.0 Å². The average molecular weight is 376 g/mol. The predicted molar refractivity (Wildman–Crippen MR) is 103 cm³/mol. The molecule has 27 heavy (non-hydrogen) atoms. The molecule has 3 N–H and O–H groups in total. The van der Waals surface area contributed by atoms with Crippen LogP contribution in [0.3, 0.4) is 0 Å². The molecule has 0 saturated heterocycles. The number of hydrogen-bond acceptors (Lipinski definition) is 5. The van der Waals surface area contributed by atoms with Crippen LogP contribution in [-0.2, 0) is 9.59 Å². The molecule has 0 bridgehead atoms. The summed E-state index contributed by atoms with van der Waals surface area (Å²) < 4.78 is 5.85. The number of fused-ring (bicyclic) bond motifs is 1. The third-order valence-electron chi connectivity index (χ3n) is 4.41. The Kier molecular flexibility index (Phi) is 7.45. The summed E-state index contributed by atoms with van der Waals surface area (Å²) in [5.41, 5.74) is 0.718. The Labute approximate surface area is 159 Å². The molecule has 1 atom stereocenters. The van der Waals surface area contributed by atoms with E-state index >= 15 is 0 Å². The van der Waals surface area contributed by atoms with Crippen molar-refractivity contribution in [3.8, 4) is 5.75 Å². The van der Waals surface area contributed by atoms with Crippen molar-refractivity contribution >= 4 is 23.5 Å². The van der Waals surface area contributed by atoms with Gasteiger partial charge >= 0.3 is 6.03 Å². The van der Waals surface area contributed by atoms with Gasteiger partial charge in [0.15, 0.2) is 6.10 Å². The first-order valence-electron chi connectivity index (χ1n) is 9.37. The normalized spacial score (nSPS) is 15.6. The highest BCUT2D eigenvalue weighted by molar-refractivity contribution is 5.97. The Morgan fingerprint density at radius 2 is 1.89 bits per heavy atom. The van der Waals surface area contributed by atoms with Gasteiger partial charge in [-0.2, -0.15) is 0 Å². The van der Waals surface area contributed by atoms with Gasteiger partial charge in [-0.15, -0.1) is 0 Å². The van der Waals surface area contributed by atoms with E-state index < -0.39 is 18.0 Å². The summed E-state index contributed by atoms with van der Waals surface area (Å²) in [5, 5.41) is 7.78. The molecule has 0 fully saturated rings. The molecule has 0 spiro atoms. The van der Waals surface area contributed by atoms with Gasteiger partial charge in [-0.1, -0.05) is 26.0 Å². The van der Waals surface area contributed by atoms with Crippen LogP contribution in [0.25, 0.3) is 0 Å². The first-order valence-corrected chi connectivity index (χ1v) is 9.37. The minimum absolute atomic E-state index is 0.0493. The van der Waals surface area contributed by atoms with Crippen molar-refractivity contribution in [3.63, 3.8) is 0 Å². The average Bonchev–Trinajstić information content (AvgIpc) is 2.65. The number of carbonyl (C=O) groups is 3. The number of para-hydroxylation sites is 2. The van der Waals surface area contributed by atoms with E-state index in [1.165, 1.54) is 0 Å². The zero-order chi connectivity index (χ0) is 19.8. The third kappa shape index (κ3) is 5.60. The summed E-state index contributed by atoms with van der Waals surface area (Å²) in [7, 11) is 0. The Hall–Kier alpha value is -2.77. The van der Waals surface area contributed by atoms with Gasteiger partial charge in [-0.25, -0.2) is 4.79 Å². The lowest BCUT2D eigenvalue weighted by atomic mass is 10.1. The van der Waals surface area contributed by atoms with Crippen molar-refractivity contribution in [2.45, 2.75) is 45.8 Å². The van der Waals surface area contributed by atoms with Crippen LogP contribution in [0.15, 0.2) is 24.3 Å². The number of anilines is 1. The molecular weight excluding hydrogens is 348 g/mol. The number of imide groups is 1. The number of amides is 4. The summed E-state index contributed by atoms with van der Waals surface area (Å²) >= 11 is 0. The van der Waals surface area contributed by atoms with E-state index in [1.807, 2.05) is 32.0 Å². The zero-order valence-corrected chi connectivity index (χ0v) is 16.1. The van der Waals surface area contributed by atoms with Gasteiger partial charge in [0.05, 0.1) is 18.8 Å². The molecule has 0 aliphatic carbocycles. The van der Waals surface area contributed by atoms with Crippen molar-refractivity contribution < 1.29 is 19.1 Å². The Bertz CT molecular complexity index is 675. The fourth-order valence-corrected chi connectivity index (χ4v) is 2.92. The van der Waals surface area contributed by atoms with Crippen molar-refractivity contribution in [2.24, 2.45) is 0 Å². The van der Waals surface area contributed by atoms with Crippen molar-refractivity contribution in [2.75, 3.05) is 24.5 Å². The van der Waals surface area contributed by atoms with Gasteiger partial charge in [0, 0.05) is 12.6 Å². The maximum Gasteiger partial charge on any atom is 0.321 e. The monoisotopic (exact) mass is 376 g/mol. The molecule has 1 heterocycles. The lowest BCUT2D eigenvalue weighted by molar-refractivity contribution is -0.129. The first-order chi connectivity index (χ1) is 13.0. The standard InChI is InChI=1S/C19H28N4O4/c1-4-13(5-2)21-18(25)16-11-23(12-17(24)22-19(26)20-6-3)14-9-7-8-10-15(14)27-16/h7-10,13,16H,4-6,11-12H2,1-3H3,(H,21,25)(H2,20,22,24,26)/t16-/m0/s1. The summed E-state index contributed by atoms with van der Waals surface area (Å²) in [6.07, 6.45) is 0.951. The molecule has 0 radical (unpaired) electrons. The van der Waals surface area contributed by atoms with E-state index in [-0.39, 0.29) is 25.0 Å². The molecule has 1 aliphatic rings. The highest BCUT2D eigenvalue weighted by Gasteiger charge is 2.32. The predicted octanol–water partition coefficient (Wildman–Crippen LogP) is 1.40. The van der Waals surface area contributed by atoms with Crippen molar-refractivity contribution in [3.05, 3.63) is 24.3 Å². The van der Waals surface area contributed by atoms with Crippen LogP contribution in [0, 0.1) is 0 Å². The van der Waals surface area contributed by atoms with Crippen LogP contribution in [0.2, 0.25) is 0 Å². The van der Waals surface area contributed by atoms with Crippen molar-refractivity contribution in [1.82, 2.24) is 16.0 Å². The quantitative estimate of drug-likeness (QED) is 0.668. The minimum atomic E-state index is -0.724. The van der Waals surface area contributed by atoms with E-state index in [0.29, 0.717) is 12.3 Å². The Morgan fingerprint density at radius 1 is 1.19 bits per heavy atom. The molecule has 1 aromatic carbocycles. The van der Waals surface area contributed by atoms with Crippen LogP contribution in [0.4, 0.5) is 10.5 Å². The molecule has 0 aromatic heterocycles. The molecule has 2 rings (SSSR count). The van der Waals surface area contributed by atoms with Gasteiger partial charge < -0.3 is 20.3 Å². The van der Waals surface area contributed by atoms with Gasteiger partial charge in [-0.3, -0.25) is 14.9 Å². The first kappa shape index (κ1) is 20.5. The van der Waals surface area contributed by atoms with Gasteiger partial charge in [0.1, 0.15) is 5.75 Å². The third-order valence-corrected chi connectivity index (χ3v) is 4.41. The second-order valence-electron chi connectivity index (χ2n) is 6.38. The number of benzene rings is 1. The number of ether oxygens (including phenoxy) is 1. The molecule has 4 amide bonds. The summed E-state index contributed by atoms with van der Waals surface area (Å²) in [6, 6.07) is 6.79. The fourth-order valence-electron chi connectivity index (χ4n) is 2.92. The minimum Gasteiger partial charge on any atom is -0.477 e. The molecule has 1 aromatic rings. The van der Waals surface area contributed by atoms with Crippen molar-refractivity contribution in [1.29, 1.82) is 0 Å². The topological polar surface area (TPSA) is 99.8 Å². The summed E-state index contributed by atoms with van der Waals surface area (Å²) in [5.74, 6) is -0.108. The smallest absolute Gasteiger partial charge is 0.321 e. The fraction of sp³-hybridized carbons (Fsp3) is 0.526. The molecule has 0 unspecified atom stereocenters. The van der Waals surface area contributed by atoms with E-state index in [4.69, 9.17) is 4.74 Å². The number of urea groups is 1. The van der Waals surface area contributed by atoms with Crippen LogP contribution in [0.1, 0.15) is 33.6 Å². The highest BCUT2D eigenvalue weighted by Crippen LogP contribution is 2.32. The molecule has 1 aliphatic heterocycles. The maximum atomic E-state index is 12.6. The van der Waals surface area contributed by atoms with Crippen LogP contribution in [-0.4, -0.2) is 49.6 Å². The molecule has 8 heteroatoms. The number of nitrogens with one attached hydrogen (secondary N) is 3. The largest absolute Gasteiger partial charge is 0.477 e. The summed E-state index contributed by atoms with van der Waals surface area (Å²) in [6.45, 7) is 6.41. The molecule has 148 valence electrons. The Balaban J connectivity index is 2.10. The zero-order valence-electron chi connectivity index (χ0n) is 16.1. The van der Waals surface area contributed by atoms with Crippen LogP contribution < -0.4 is 25.6 Å². The lowest BCUT2D eigenvalue weighted by Gasteiger charge is -2.35.